The van der Waals surface area contributed by atoms with E-state index in [1.807, 2.05) is 0 Å². The fraction of sp³-hybridized carbons (Fsp3) is 0.182. The van der Waals surface area contributed by atoms with Crippen molar-refractivity contribution in [3.63, 3.8) is 0 Å². The highest BCUT2D eigenvalue weighted by molar-refractivity contribution is 6.30. The van der Waals surface area contributed by atoms with Gasteiger partial charge in [-0.25, -0.2) is 0 Å². The summed E-state index contributed by atoms with van der Waals surface area (Å²) in [4.78, 5) is 53.6. The fourth-order valence-corrected chi connectivity index (χ4v) is 3.06. The number of carbonyl (C=O) groups excluding carboxylic acids is 4. The quantitative estimate of drug-likeness (QED) is 0.401. The Morgan fingerprint density at radius 2 is 1.39 bits per heavy atom. The number of amides is 2. The zero-order valence-electron chi connectivity index (χ0n) is 16.9. The Morgan fingerprint density at radius 3 is 1.87 bits per heavy atom. The van der Waals surface area contributed by atoms with Gasteiger partial charge in [0.15, 0.2) is 11.6 Å². The average Bonchev–Trinajstić information content (AvgIpc) is 3.41. The van der Waals surface area contributed by atoms with Gasteiger partial charge in [0, 0.05) is 35.1 Å². The van der Waals surface area contributed by atoms with E-state index in [9.17, 15) is 19.2 Å². The summed E-state index contributed by atoms with van der Waals surface area (Å²) in [6.07, 6.45) is 2.93. The molecule has 0 radical (unpaired) electrons. The van der Waals surface area contributed by atoms with Crippen LogP contribution in [0.25, 0.3) is 0 Å². The van der Waals surface area contributed by atoms with Crippen LogP contribution in [0.2, 0.25) is 5.02 Å². The van der Waals surface area contributed by atoms with Crippen molar-refractivity contribution in [2.75, 3.05) is 6.54 Å². The maximum absolute atomic E-state index is 12.7. The van der Waals surface area contributed by atoms with Crippen molar-refractivity contribution < 1.29 is 19.2 Å². The Balaban J connectivity index is 1.75. The van der Waals surface area contributed by atoms with Gasteiger partial charge in [0.2, 0.25) is 0 Å². The number of Topliss-reactive ketones (excluding diaryl/α,β-unsaturated/α-hetero) is 2. The second-order valence-electron chi connectivity index (χ2n) is 7.00. The van der Waals surface area contributed by atoms with E-state index in [2.05, 4.69) is 20.6 Å². The largest absolute Gasteiger partial charge is 0.356 e. The molecule has 0 unspecified atom stereocenters. The van der Waals surface area contributed by atoms with Gasteiger partial charge in [-0.05, 0) is 43.7 Å². The second-order valence-corrected chi connectivity index (χ2v) is 7.44. The van der Waals surface area contributed by atoms with Gasteiger partial charge in [0.05, 0.1) is 6.04 Å². The third kappa shape index (κ3) is 5.49. The minimum absolute atomic E-state index is 0.0842. The minimum Gasteiger partial charge on any atom is -0.356 e. The number of carbonyl (C=O) groups is 4. The monoisotopic (exact) mass is 440 g/mol. The standard InChI is InChI=1S/C22H21ClN4O4/c1-12(28)15-7-18(24-9-15)21(30)26-11-20(14-3-5-17(23)6-4-14)27-22(31)19-8-16(10-25-19)13(2)29/h3-10,20,24-25H,11H2,1-2H3,(H,26,30)(H,27,31)/t20-/m1/s1. The summed E-state index contributed by atoms with van der Waals surface area (Å²) in [6, 6.07) is 9.23. The minimum atomic E-state index is -0.569. The molecule has 0 fully saturated rings. The van der Waals surface area contributed by atoms with Gasteiger partial charge in [0.25, 0.3) is 11.8 Å². The van der Waals surface area contributed by atoms with Gasteiger partial charge in [-0.15, -0.1) is 0 Å². The molecule has 9 heteroatoms. The summed E-state index contributed by atoms with van der Waals surface area (Å²) in [5.74, 6) is -1.16. The Bertz CT molecular complexity index is 1130. The first kappa shape index (κ1) is 22.0. The Morgan fingerprint density at radius 1 is 0.871 bits per heavy atom. The van der Waals surface area contributed by atoms with Crippen molar-refractivity contribution in [3.8, 4) is 0 Å². The van der Waals surface area contributed by atoms with E-state index >= 15 is 0 Å². The van der Waals surface area contributed by atoms with Crippen molar-refractivity contribution in [1.82, 2.24) is 20.6 Å². The van der Waals surface area contributed by atoms with Crippen LogP contribution in [0.5, 0.6) is 0 Å². The van der Waals surface area contributed by atoms with Crippen molar-refractivity contribution in [2.24, 2.45) is 0 Å². The third-order valence-electron chi connectivity index (χ3n) is 4.71. The molecule has 8 nitrogen and oxygen atoms in total. The predicted molar refractivity (Wildman–Crippen MR) is 116 cm³/mol. The molecule has 2 heterocycles. The molecule has 31 heavy (non-hydrogen) atoms. The van der Waals surface area contributed by atoms with Crippen LogP contribution < -0.4 is 10.6 Å². The van der Waals surface area contributed by atoms with Gasteiger partial charge in [-0.3, -0.25) is 19.2 Å². The molecule has 2 amide bonds. The van der Waals surface area contributed by atoms with Gasteiger partial charge in [-0.1, -0.05) is 23.7 Å². The van der Waals surface area contributed by atoms with E-state index in [0.29, 0.717) is 16.1 Å². The molecule has 160 valence electrons. The number of nitrogens with one attached hydrogen (secondary N) is 4. The molecular weight excluding hydrogens is 420 g/mol. The number of aromatic amines is 2. The normalized spacial score (nSPS) is 11.6. The van der Waals surface area contributed by atoms with Gasteiger partial charge < -0.3 is 20.6 Å². The number of hydrogen-bond donors (Lipinski definition) is 4. The highest BCUT2D eigenvalue weighted by Gasteiger charge is 2.19. The van der Waals surface area contributed by atoms with E-state index in [1.165, 1.54) is 38.4 Å². The molecule has 0 spiro atoms. The van der Waals surface area contributed by atoms with Crippen molar-refractivity contribution in [1.29, 1.82) is 0 Å². The maximum atomic E-state index is 12.7. The maximum Gasteiger partial charge on any atom is 0.268 e. The van der Waals surface area contributed by atoms with Crippen LogP contribution >= 0.6 is 11.6 Å². The van der Waals surface area contributed by atoms with Crippen LogP contribution in [0.15, 0.2) is 48.8 Å². The topological polar surface area (TPSA) is 124 Å². The first-order chi connectivity index (χ1) is 14.7. The van der Waals surface area contributed by atoms with Gasteiger partial charge >= 0.3 is 0 Å². The average molecular weight is 441 g/mol. The molecule has 0 bridgehead atoms. The number of H-pyrrole nitrogens is 2. The molecular formula is C22H21ClN4O4. The lowest BCUT2D eigenvalue weighted by Gasteiger charge is -2.19. The summed E-state index contributed by atoms with van der Waals surface area (Å²) >= 11 is 5.96. The van der Waals surface area contributed by atoms with E-state index < -0.39 is 17.9 Å². The number of aromatic nitrogens is 2. The molecule has 0 aliphatic heterocycles. The summed E-state index contributed by atoms with van der Waals surface area (Å²) in [6.45, 7) is 2.91. The number of rotatable bonds is 8. The van der Waals surface area contributed by atoms with Crippen LogP contribution in [-0.2, 0) is 0 Å². The molecule has 1 atom stereocenters. The van der Waals surface area contributed by atoms with Crippen molar-refractivity contribution >= 4 is 35.0 Å². The molecule has 4 N–H and O–H groups in total. The predicted octanol–water partition coefficient (Wildman–Crippen LogP) is 3.30. The summed E-state index contributed by atoms with van der Waals surface area (Å²) < 4.78 is 0. The summed E-state index contributed by atoms with van der Waals surface area (Å²) in [7, 11) is 0. The van der Waals surface area contributed by atoms with Crippen LogP contribution in [0.1, 0.15) is 67.1 Å². The van der Waals surface area contributed by atoms with Crippen LogP contribution in [0, 0.1) is 0 Å². The van der Waals surface area contributed by atoms with Crippen molar-refractivity contribution in [3.05, 3.63) is 81.9 Å². The fourth-order valence-electron chi connectivity index (χ4n) is 2.93. The lowest BCUT2D eigenvalue weighted by Crippen LogP contribution is -2.38. The van der Waals surface area contributed by atoms with Crippen molar-refractivity contribution in [2.45, 2.75) is 19.9 Å². The molecule has 1 aromatic carbocycles. The molecule has 0 aliphatic rings. The van der Waals surface area contributed by atoms with E-state index in [4.69, 9.17) is 11.6 Å². The second kappa shape index (κ2) is 9.44. The summed E-state index contributed by atoms with van der Waals surface area (Å²) in [5.41, 5.74) is 2.00. The van der Waals surface area contributed by atoms with Gasteiger partial charge in [-0.2, -0.15) is 0 Å². The zero-order chi connectivity index (χ0) is 22.5. The first-order valence-electron chi connectivity index (χ1n) is 9.48. The van der Waals surface area contributed by atoms with E-state index in [0.717, 1.165) is 5.56 Å². The molecule has 0 aliphatic carbocycles. The third-order valence-corrected chi connectivity index (χ3v) is 4.96. The van der Waals surface area contributed by atoms with Crippen LogP contribution in [-0.4, -0.2) is 39.9 Å². The molecule has 3 rings (SSSR count). The Labute approximate surface area is 183 Å². The number of ketones is 2. The zero-order valence-corrected chi connectivity index (χ0v) is 17.7. The van der Waals surface area contributed by atoms with Gasteiger partial charge in [0.1, 0.15) is 11.4 Å². The molecule has 2 aromatic heterocycles. The lowest BCUT2D eigenvalue weighted by molar-refractivity contribution is 0.0904. The molecule has 0 saturated carbocycles. The summed E-state index contributed by atoms with van der Waals surface area (Å²) in [5, 5.41) is 6.14. The Kier molecular flexibility index (Phi) is 6.71. The Hall–Kier alpha value is -3.65. The van der Waals surface area contributed by atoms with Crippen LogP contribution in [0.4, 0.5) is 0 Å². The molecule has 3 aromatic rings. The smallest absolute Gasteiger partial charge is 0.268 e. The van der Waals surface area contributed by atoms with E-state index in [1.54, 1.807) is 24.3 Å². The number of halogens is 1. The SMILES string of the molecule is CC(=O)c1c[nH]c(C(=O)NC[C@@H](NC(=O)c2cc(C(C)=O)c[nH]2)c2ccc(Cl)cc2)c1. The number of benzene rings is 1. The highest BCUT2D eigenvalue weighted by atomic mass is 35.5. The van der Waals surface area contributed by atoms with E-state index in [-0.39, 0.29) is 29.5 Å². The lowest BCUT2D eigenvalue weighted by atomic mass is 10.1. The number of hydrogen-bond acceptors (Lipinski definition) is 4. The highest BCUT2D eigenvalue weighted by Crippen LogP contribution is 2.17. The molecule has 0 saturated heterocycles. The van der Waals surface area contributed by atoms with Crippen LogP contribution in [0.3, 0.4) is 0 Å². The first-order valence-corrected chi connectivity index (χ1v) is 9.85.